The second-order valence-electron chi connectivity index (χ2n) is 3.55. The summed E-state index contributed by atoms with van der Waals surface area (Å²) in [5.74, 6) is -0.0567. The molecule has 0 aliphatic carbocycles. The van der Waals surface area contributed by atoms with Crippen LogP contribution in [0.25, 0.3) is 0 Å². The number of rotatable bonds is 1. The molecule has 0 aromatic carbocycles. The molecule has 0 unspecified atom stereocenters. The number of nitrogens with two attached hydrogens (primary N) is 1. The van der Waals surface area contributed by atoms with Gasteiger partial charge in [0.2, 0.25) is 17.8 Å². The molecule has 3 N–H and O–H groups in total. The third-order valence-electron chi connectivity index (χ3n) is 2.13. The Labute approximate surface area is 91.7 Å². The lowest BCUT2D eigenvalue weighted by Crippen LogP contribution is -2.51. The van der Waals surface area contributed by atoms with E-state index in [4.69, 9.17) is 5.73 Å². The van der Waals surface area contributed by atoms with Crippen molar-refractivity contribution in [3.63, 3.8) is 0 Å². The van der Waals surface area contributed by atoms with Gasteiger partial charge in [-0.25, -0.2) is 4.98 Å². The van der Waals surface area contributed by atoms with Crippen molar-refractivity contribution in [2.24, 2.45) is 0 Å². The van der Waals surface area contributed by atoms with Crippen molar-refractivity contribution >= 4 is 23.6 Å². The lowest BCUT2D eigenvalue weighted by Gasteiger charge is -2.26. The molecule has 7 nitrogen and oxygen atoms in total. The molecule has 84 valence electrons. The first kappa shape index (κ1) is 10.3. The number of hydrogen-bond acceptors (Lipinski definition) is 6. The Hall–Kier alpha value is -2.18. The second kappa shape index (κ2) is 3.76. The first-order valence-corrected chi connectivity index (χ1v) is 4.73. The highest BCUT2D eigenvalue weighted by Gasteiger charge is 2.23. The first-order chi connectivity index (χ1) is 7.54. The molecule has 2 rings (SSSR count). The molecule has 1 aromatic heterocycles. The minimum atomic E-state index is -0.342. The second-order valence-corrected chi connectivity index (χ2v) is 3.55. The number of carbonyl (C=O) groups is 2. The summed E-state index contributed by atoms with van der Waals surface area (Å²) >= 11 is 0. The van der Waals surface area contributed by atoms with Crippen LogP contribution >= 0.6 is 0 Å². The third-order valence-corrected chi connectivity index (χ3v) is 2.13. The van der Waals surface area contributed by atoms with Crippen molar-refractivity contribution in [1.29, 1.82) is 0 Å². The Morgan fingerprint density at radius 3 is 2.50 bits per heavy atom. The molecule has 0 radical (unpaired) electrons. The minimum Gasteiger partial charge on any atom is -0.368 e. The van der Waals surface area contributed by atoms with E-state index in [1.165, 1.54) is 0 Å². The zero-order valence-corrected chi connectivity index (χ0v) is 8.73. The van der Waals surface area contributed by atoms with Gasteiger partial charge >= 0.3 is 0 Å². The number of hydrogen-bond donors (Lipinski definition) is 2. The van der Waals surface area contributed by atoms with E-state index in [9.17, 15) is 9.59 Å². The molecule has 0 bridgehead atoms. The maximum absolute atomic E-state index is 11.2. The van der Waals surface area contributed by atoms with Gasteiger partial charge in [0.25, 0.3) is 0 Å². The van der Waals surface area contributed by atoms with Crippen LogP contribution in [0.1, 0.15) is 5.69 Å². The van der Waals surface area contributed by atoms with Crippen LogP contribution in [0.4, 0.5) is 11.8 Å². The van der Waals surface area contributed by atoms with Crippen molar-refractivity contribution in [1.82, 2.24) is 15.3 Å². The maximum atomic E-state index is 11.2. The highest BCUT2D eigenvalue weighted by molar-refractivity contribution is 6.02. The summed E-state index contributed by atoms with van der Waals surface area (Å²) in [6.45, 7) is 1.97. The van der Waals surface area contributed by atoms with Gasteiger partial charge in [-0.05, 0) is 6.92 Å². The van der Waals surface area contributed by atoms with Crippen LogP contribution in [0, 0.1) is 6.92 Å². The molecule has 16 heavy (non-hydrogen) atoms. The molecule has 0 atom stereocenters. The van der Waals surface area contributed by atoms with Crippen molar-refractivity contribution in [3.8, 4) is 0 Å². The number of nitrogens with one attached hydrogen (secondary N) is 1. The van der Waals surface area contributed by atoms with Crippen molar-refractivity contribution < 1.29 is 9.59 Å². The van der Waals surface area contributed by atoms with E-state index >= 15 is 0 Å². The van der Waals surface area contributed by atoms with Crippen LogP contribution in [0.3, 0.4) is 0 Å². The summed E-state index contributed by atoms with van der Waals surface area (Å²) in [6.07, 6.45) is 0. The fourth-order valence-corrected chi connectivity index (χ4v) is 1.54. The Balaban J connectivity index is 2.29. The number of imide groups is 1. The fraction of sp³-hybridized carbons (Fsp3) is 0.333. The van der Waals surface area contributed by atoms with E-state index in [1.54, 1.807) is 17.9 Å². The van der Waals surface area contributed by atoms with Crippen LogP contribution in [0.2, 0.25) is 0 Å². The van der Waals surface area contributed by atoms with Crippen molar-refractivity contribution in [2.45, 2.75) is 6.92 Å². The molecule has 2 amide bonds. The van der Waals surface area contributed by atoms with Crippen LogP contribution in [-0.2, 0) is 9.59 Å². The largest absolute Gasteiger partial charge is 0.368 e. The fourth-order valence-electron chi connectivity index (χ4n) is 1.54. The number of anilines is 2. The van der Waals surface area contributed by atoms with E-state index in [-0.39, 0.29) is 30.9 Å². The molecule has 1 aliphatic rings. The lowest BCUT2D eigenvalue weighted by molar-refractivity contribution is -0.130. The topological polar surface area (TPSA) is 101 Å². The predicted molar refractivity (Wildman–Crippen MR) is 56.5 cm³/mol. The Kier molecular flexibility index (Phi) is 2.43. The SMILES string of the molecule is Cc1cc(N2CC(=O)NC(=O)C2)nc(N)n1. The zero-order chi connectivity index (χ0) is 11.7. The smallest absolute Gasteiger partial charge is 0.246 e. The van der Waals surface area contributed by atoms with Gasteiger partial charge in [-0.1, -0.05) is 0 Å². The van der Waals surface area contributed by atoms with Gasteiger partial charge in [-0.15, -0.1) is 0 Å². The van der Waals surface area contributed by atoms with Crippen LogP contribution < -0.4 is 16.0 Å². The van der Waals surface area contributed by atoms with Gasteiger partial charge in [-0.2, -0.15) is 4.98 Å². The molecule has 1 aliphatic heterocycles. The number of nitrogens with zero attached hydrogens (tertiary/aromatic N) is 3. The Morgan fingerprint density at radius 2 is 1.94 bits per heavy atom. The molecule has 1 fully saturated rings. The summed E-state index contributed by atoms with van der Waals surface area (Å²) in [6, 6.07) is 1.68. The minimum absolute atomic E-state index is 0.0988. The first-order valence-electron chi connectivity index (χ1n) is 4.73. The monoisotopic (exact) mass is 221 g/mol. The van der Waals surface area contributed by atoms with E-state index in [2.05, 4.69) is 15.3 Å². The number of amides is 2. The number of carbonyl (C=O) groups excluding carboxylic acids is 2. The quantitative estimate of drug-likeness (QED) is 0.579. The van der Waals surface area contributed by atoms with Crippen molar-refractivity contribution in [2.75, 3.05) is 23.7 Å². The molecular formula is C9H11N5O2. The zero-order valence-electron chi connectivity index (χ0n) is 8.73. The molecule has 7 heteroatoms. The van der Waals surface area contributed by atoms with Gasteiger partial charge in [0.15, 0.2) is 0 Å². The van der Waals surface area contributed by atoms with E-state index < -0.39 is 0 Å². The summed E-state index contributed by atoms with van der Waals surface area (Å²) < 4.78 is 0. The van der Waals surface area contributed by atoms with Gasteiger partial charge in [0.05, 0.1) is 13.1 Å². The van der Waals surface area contributed by atoms with Gasteiger partial charge < -0.3 is 10.6 Å². The van der Waals surface area contributed by atoms with Gasteiger partial charge in [0, 0.05) is 11.8 Å². The normalized spacial score (nSPS) is 16.2. The molecule has 1 saturated heterocycles. The molecule has 2 heterocycles. The highest BCUT2D eigenvalue weighted by Crippen LogP contribution is 2.14. The van der Waals surface area contributed by atoms with E-state index in [0.29, 0.717) is 11.5 Å². The highest BCUT2D eigenvalue weighted by atomic mass is 16.2. The maximum Gasteiger partial charge on any atom is 0.246 e. The molecule has 1 aromatic rings. The summed E-state index contributed by atoms with van der Waals surface area (Å²) in [4.78, 5) is 31.8. The van der Waals surface area contributed by atoms with Gasteiger partial charge in [0.1, 0.15) is 5.82 Å². The third kappa shape index (κ3) is 2.08. The standard InChI is InChI=1S/C9H11N5O2/c1-5-2-6(12-9(10)11-5)14-3-7(15)13-8(16)4-14/h2H,3-4H2,1H3,(H2,10,11,12)(H,13,15,16). The Bertz CT molecular complexity index is 423. The van der Waals surface area contributed by atoms with E-state index in [0.717, 1.165) is 0 Å². The molecule has 0 spiro atoms. The molecular weight excluding hydrogens is 210 g/mol. The van der Waals surface area contributed by atoms with Crippen molar-refractivity contribution in [3.05, 3.63) is 11.8 Å². The number of aryl methyl sites for hydroxylation is 1. The average molecular weight is 221 g/mol. The molecule has 0 saturated carbocycles. The van der Waals surface area contributed by atoms with Crippen LogP contribution in [0.5, 0.6) is 0 Å². The van der Waals surface area contributed by atoms with Gasteiger partial charge in [-0.3, -0.25) is 14.9 Å². The summed E-state index contributed by atoms with van der Waals surface area (Å²) in [5.41, 5.74) is 6.20. The summed E-state index contributed by atoms with van der Waals surface area (Å²) in [7, 11) is 0. The summed E-state index contributed by atoms with van der Waals surface area (Å²) in [5, 5.41) is 2.21. The number of nitrogen functional groups attached to an aromatic ring is 1. The lowest BCUT2D eigenvalue weighted by atomic mass is 10.3. The number of aromatic nitrogens is 2. The Morgan fingerprint density at radius 1 is 1.31 bits per heavy atom. The number of piperazine rings is 1. The van der Waals surface area contributed by atoms with Crippen LogP contribution in [-0.4, -0.2) is 34.9 Å². The average Bonchev–Trinajstić information content (AvgIpc) is 2.14. The van der Waals surface area contributed by atoms with E-state index in [1.807, 2.05) is 0 Å². The predicted octanol–water partition coefficient (Wildman–Crippen LogP) is -1.17. The van der Waals surface area contributed by atoms with Crippen LogP contribution in [0.15, 0.2) is 6.07 Å².